The molecular weight excluding hydrogens is 463 g/mol. The van der Waals surface area contributed by atoms with E-state index in [1.54, 1.807) is 12.5 Å². The van der Waals surface area contributed by atoms with Crippen molar-refractivity contribution in [2.75, 3.05) is 20.7 Å². The molecule has 33 heavy (non-hydrogen) atoms. The summed E-state index contributed by atoms with van der Waals surface area (Å²) in [6.07, 6.45) is 6.78. The molecule has 0 amide bonds. The van der Waals surface area contributed by atoms with Gasteiger partial charge in [0.25, 0.3) is 0 Å². The lowest BCUT2D eigenvalue weighted by molar-refractivity contribution is -0.0156. The molecule has 0 unspecified atom stereocenters. The van der Waals surface area contributed by atoms with Crippen molar-refractivity contribution in [3.63, 3.8) is 0 Å². The zero-order chi connectivity index (χ0) is 22.9. The van der Waals surface area contributed by atoms with Crippen LogP contribution in [0.1, 0.15) is 19.1 Å². The van der Waals surface area contributed by atoms with E-state index in [4.69, 9.17) is 32.7 Å². The molecule has 4 heterocycles. The summed E-state index contributed by atoms with van der Waals surface area (Å²) >= 11 is 12.2. The van der Waals surface area contributed by atoms with Crippen molar-refractivity contribution >= 4 is 57.3 Å². The lowest BCUT2D eigenvalue weighted by Gasteiger charge is -2.16. The summed E-state index contributed by atoms with van der Waals surface area (Å²) in [6, 6.07) is 9.60. The monoisotopic (exact) mass is 484 g/mol. The molecular formula is C23H22Cl2N6O2. The second kappa shape index (κ2) is 9.13. The Morgan fingerprint density at radius 1 is 1.21 bits per heavy atom. The fourth-order valence-corrected chi connectivity index (χ4v) is 4.19. The minimum absolute atomic E-state index is 0.0372. The number of nitrogens with zero attached hydrogens (tertiary/aromatic N) is 6. The van der Waals surface area contributed by atoms with Gasteiger partial charge in [-0.05, 0) is 48.7 Å². The molecule has 8 nitrogen and oxygen atoms in total. The minimum atomic E-state index is -0.159. The first kappa shape index (κ1) is 21.9. The van der Waals surface area contributed by atoms with Gasteiger partial charge in [0.1, 0.15) is 24.2 Å². The van der Waals surface area contributed by atoms with Crippen LogP contribution in [0, 0.1) is 0 Å². The van der Waals surface area contributed by atoms with Crippen molar-refractivity contribution in [3.8, 4) is 5.75 Å². The lowest BCUT2D eigenvalue weighted by Crippen LogP contribution is -2.18. The third-order valence-electron chi connectivity index (χ3n) is 5.39. The largest absolute Gasteiger partial charge is 0.491 e. The van der Waals surface area contributed by atoms with Gasteiger partial charge in [-0.1, -0.05) is 11.6 Å². The van der Waals surface area contributed by atoms with E-state index in [9.17, 15) is 0 Å². The van der Waals surface area contributed by atoms with Crippen LogP contribution in [0.25, 0.3) is 21.9 Å². The number of fused-ring (bicyclic) bond motifs is 2. The molecule has 5 rings (SSSR count). The van der Waals surface area contributed by atoms with Crippen LogP contribution in [-0.2, 0) is 4.74 Å². The molecule has 2 atom stereocenters. The molecule has 1 aromatic carbocycles. The molecule has 0 bridgehead atoms. The Labute approximate surface area is 200 Å². The van der Waals surface area contributed by atoms with Gasteiger partial charge < -0.3 is 18.9 Å². The SMILES string of the molecule is CN(C)C=Nc1nc(Cl)nc2c1ccn2[C@H]1CC[C@@H](COc2ccc3cc(Cl)cnc3c2)O1. The minimum Gasteiger partial charge on any atom is -0.491 e. The van der Waals surface area contributed by atoms with Crippen LogP contribution in [0.5, 0.6) is 5.75 Å². The molecule has 170 valence electrons. The van der Waals surface area contributed by atoms with Gasteiger partial charge in [-0.25, -0.2) is 4.99 Å². The van der Waals surface area contributed by atoms with Gasteiger partial charge in [-0.2, -0.15) is 9.97 Å². The van der Waals surface area contributed by atoms with Crippen molar-refractivity contribution in [3.05, 3.63) is 53.0 Å². The van der Waals surface area contributed by atoms with Crippen molar-refractivity contribution in [2.45, 2.75) is 25.2 Å². The maximum absolute atomic E-state index is 6.27. The van der Waals surface area contributed by atoms with Gasteiger partial charge in [0, 0.05) is 37.9 Å². The van der Waals surface area contributed by atoms with E-state index < -0.39 is 0 Å². The van der Waals surface area contributed by atoms with Crippen LogP contribution in [0.4, 0.5) is 5.82 Å². The topological polar surface area (TPSA) is 77.7 Å². The first-order valence-corrected chi connectivity index (χ1v) is 11.3. The number of rotatable bonds is 6. The smallest absolute Gasteiger partial charge is 0.226 e. The van der Waals surface area contributed by atoms with Gasteiger partial charge in [-0.3, -0.25) is 4.98 Å². The van der Waals surface area contributed by atoms with Crippen LogP contribution in [0.15, 0.2) is 47.7 Å². The highest BCUT2D eigenvalue weighted by molar-refractivity contribution is 6.31. The van der Waals surface area contributed by atoms with E-state index in [2.05, 4.69) is 19.9 Å². The average Bonchev–Trinajstić information content (AvgIpc) is 3.42. The molecule has 1 aliphatic rings. The summed E-state index contributed by atoms with van der Waals surface area (Å²) in [4.78, 5) is 19.3. The zero-order valence-electron chi connectivity index (χ0n) is 18.2. The first-order valence-electron chi connectivity index (χ1n) is 10.5. The second-order valence-corrected chi connectivity index (χ2v) is 8.87. The number of benzene rings is 1. The Kier molecular flexibility index (Phi) is 6.05. The molecule has 3 aromatic heterocycles. The van der Waals surface area contributed by atoms with Gasteiger partial charge in [-0.15, -0.1) is 0 Å². The standard InChI is InChI=1S/C23H22Cl2N6O2/c1-30(2)13-27-21-18-7-8-31(22(18)29-23(25)28-21)20-6-5-17(33-20)12-32-16-4-3-14-9-15(24)11-26-19(14)10-16/h3-4,7-11,13,17,20H,5-6,12H2,1-2H3/t17-,20+/m0/s1. The Balaban J connectivity index is 1.29. The van der Waals surface area contributed by atoms with Gasteiger partial charge >= 0.3 is 0 Å². The van der Waals surface area contributed by atoms with E-state index >= 15 is 0 Å². The Hall–Kier alpha value is -2.94. The third kappa shape index (κ3) is 4.73. The van der Waals surface area contributed by atoms with Crippen molar-refractivity contribution in [1.82, 2.24) is 24.4 Å². The molecule has 0 N–H and O–H groups in total. The number of ether oxygens (including phenoxy) is 2. The number of pyridine rings is 1. The van der Waals surface area contributed by atoms with E-state index in [0.29, 0.717) is 23.1 Å². The fraction of sp³-hybridized carbons (Fsp3) is 0.304. The number of aliphatic imine (C=N–C) groups is 1. The van der Waals surface area contributed by atoms with Crippen LogP contribution in [0.2, 0.25) is 10.3 Å². The van der Waals surface area contributed by atoms with E-state index in [-0.39, 0.29) is 17.6 Å². The highest BCUT2D eigenvalue weighted by Crippen LogP contribution is 2.34. The predicted octanol–water partition coefficient (Wildman–Crippen LogP) is 5.26. The summed E-state index contributed by atoms with van der Waals surface area (Å²) in [5, 5.41) is 2.56. The highest BCUT2D eigenvalue weighted by Gasteiger charge is 2.28. The molecule has 0 aliphatic carbocycles. The fourth-order valence-electron chi connectivity index (χ4n) is 3.86. The van der Waals surface area contributed by atoms with Crippen LogP contribution < -0.4 is 4.74 Å². The molecule has 1 fully saturated rings. The van der Waals surface area contributed by atoms with Crippen LogP contribution in [0.3, 0.4) is 0 Å². The third-order valence-corrected chi connectivity index (χ3v) is 5.76. The summed E-state index contributed by atoms with van der Waals surface area (Å²) in [6.45, 7) is 0.447. The first-order chi connectivity index (χ1) is 16.0. The van der Waals surface area contributed by atoms with Crippen LogP contribution in [-0.4, -0.2) is 57.6 Å². The maximum Gasteiger partial charge on any atom is 0.226 e. The normalized spacial score (nSPS) is 18.5. The number of hydrogen-bond donors (Lipinski definition) is 0. The van der Waals surface area contributed by atoms with Gasteiger partial charge in [0.2, 0.25) is 5.28 Å². The average molecular weight is 485 g/mol. The van der Waals surface area contributed by atoms with Gasteiger partial charge in [0.15, 0.2) is 5.82 Å². The summed E-state index contributed by atoms with van der Waals surface area (Å²) in [7, 11) is 3.79. The van der Waals surface area contributed by atoms with E-state index in [1.165, 1.54) is 0 Å². The molecule has 0 spiro atoms. The maximum atomic E-state index is 6.27. The zero-order valence-corrected chi connectivity index (χ0v) is 19.7. The van der Waals surface area contributed by atoms with Crippen LogP contribution >= 0.6 is 23.2 Å². The van der Waals surface area contributed by atoms with E-state index in [1.807, 2.05) is 60.1 Å². The molecule has 0 saturated carbocycles. The Morgan fingerprint density at radius 2 is 2.09 bits per heavy atom. The lowest BCUT2D eigenvalue weighted by atomic mass is 10.2. The molecule has 1 aliphatic heterocycles. The molecule has 4 aromatic rings. The highest BCUT2D eigenvalue weighted by atomic mass is 35.5. The summed E-state index contributed by atoms with van der Waals surface area (Å²) < 4.78 is 14.3. The Morgan fingerprint density at radius 3 is 2.94 bits per heavy atom. The quantitative estimate of drug-likeness (QED) is 0.211. The van der Waals surface area contributed by atoms with E-state index in [0.717, 1.165) is 34.9 Å². The molecule has 1 saturated heterocycles. The van der Waals surface area contributed by atoms with Gasteiger partial charge in [0.05, 0.1) is 28.4 Å². The predicted molar refractivity (Wildman–Crippen MR) is 130 cm³/mol. The second-order valence-electron chi connectivity index (χ2n) is 8.09. The molecule has 10 heteroatoms. The van der Waals surface area contributed by atoms with Crippen molar-refractivity contribution in [1.29, 1.82) is 0 Å². The summed E-state index contributed by atoms with van der Waals surface area (Å²) in [5.74, 6) is 1.28. The number of hydrogen-bond acceptors (Lipinski definition) is 6. The van der Waals surface area contributed by atoms with Crippen molar-refractivity contribution < 1.29 is 9.47 Å². The molecule has 0 radical (unpaired) electrons. The number of aromatic nitrogens is 4. The van der Waals surface area contributed by atoms with Crippen molar-refractivity contribution in [2.24, 2.45) is 4.99 Å². The Bertz CT molecular complexity index is 1340. The number of halogens is 2. The summed E-state index contributed by atoms with van der Waals surface area (Å²) in [5.41, 5.74) is 1.54.